The van der Waals surface area contributed by atoms with E-state index in [1.165, 1.54) is 12.8 Å². The minimum absolute atomic E-state index is 0.0863. The number of amides is 2. The number of aromatic amines is 1. The zero-order chi connectivity index (χ0) is 17.1. The van der Waals surface area contributed by atoms with Gasteiger partial charge in [-0.05, 0) is 25.7 Å². The van der Waals surface area contributed by atoms with Crippen LogP contribution in [0.25, 0.3) is 11.5 Å². The number of nitrogens with zero attached hydrogens (tertiary/aromatic N) is 5. The smallest absolute Gasteiger partial charge is 0.317 e. The maximum absolute atomic E-state index is 12.4. The van der Waals surface area contributed by atoms with Crippen LogP contribution in [0.1, 0.15) is 50.3 Å². The first kappa shape index (κ1) is 16.0. The van der Waals surface area contributed by atoms with Gasteiger partial charge in [0.05, 0.1) is 6.20 Å². The Hall–Kier alpha value is -2.51. The lowest BCUT2D eigenvalue weighted by Crippen LogP contribution is -2.47. The molecular formula is C17H23N7O. The standard InChI is InChI=1S/C17H23N7O/c25-17(20-13-3-1-2-4-13)24-9-5-12(6-10-24)15-21-16(23-22-15)14-11-18-7-8-19-14/h7-8,11-13H,1-6,9-10H2,(H,20,25)(H,21,22,23). The van der Waals surface area contributed by atoms with Crippen molar-refractivity contribution in [2.45, 2.75) is 50.5 Å². The number of urea groups is 1. The SMILES string of the molecule is O=C(NC1CCCC1)N1CCC(c2nc(-c3cnccn3)n[nH]2)CC1. The van der Waals surface area contributed by atoms with E-state index in [-0.39, 0.29) is 6.03 Å². The summed E-state index contributed by atoms with van der Waals surface area (Å²) in [6.07, 6.45) is 11.4. The molecule has 0 radical (unpaired) electrons. The third-order valence-corrected chi connectivity index (χ3v) is 5.15. The van der Waals surface area contributed by atoms with Crippen molar-refractivity contribution in [3.63, 3.8) is 0 Å². The second-order valence-electron chi connectivity index (χ2n) is 6.83. The van der Waals surface area contributed by atoms with E-state index in [2.05, 4.69) is 30.5 Å². The molecule has 2 N–H and O–H groups in total. The van der Waals surface area contributed by atoms with Crippen molar-refractivity contribution < 1.29 is 4.79 Å². The van der Waals surface area contributed by atoms with E-state index >= 15 is 0 Å². The van der Waals surface area contributed by atoms with Crippen LogP contribution < -0.4 is 5.32 Å². The third-order valence-electron chi connectivity index (χ3n) is 5.15. The molecule has 4 rings (SSSR count). The largest absolute Gasteiger partial charge is 0.335 e. The summed E-state index contributed by atoms with van der Waals surface area (Å²) in [6, 6.07) is 0.456. The van der Waals surface area contributed by atoms with Gasteiger partial charge >= 0.3 is 6.03 Å². The summed E-state index contributed by atoms with van der Waals surface area (Å²) in [5, 5.41) is 10.4. The van der Waals surface area contributed by atoms with Gasteiger partial charge in [0.1, 0.15) is 11.5 Å². The number of rotatable bonds is 3. The molecular weight excluding hydrogens is 318 g/mol. The first-order chi connectivity index (χ1) is 12.3. The van der Waals surface area contributed by atoms with Crippen molar-refractivity contribution in [3.8, 4) is 11.5 Å². The molecule has 132 valence electrons. The van der Waals surface area contributed by atoms with Crippen LogP contribution in [0.3, 0.4) is 0 Å². The molecule has 0 unspecified atom stereocenters. The first-order valence-corrected chi connectivity index (χ1v) is 9.04. The Bertz CT molecular complexity index is 703. The van der Waals surface area contributed by atoms with E-state index in [1.807, 2.05) is 4.90 Å². The predicted octanol–water partition coefficient (Wildman–Crippen LogP) is 2.09. The number of likely N-dealkylation sites (tertiary alicyclic amines) is 1. The van der Waals surface area contributed by atoms with Gasteiger partial charge in [-0.15, -0.1) is 0 Å². The number of H-pyrrole nitrogens is 1. The van der Waals surface area contributed by atoms with Gasteiger partial charge in [-0.1, -0.05) is 12.8 Å². The zero-order valence-corrected chi connectivity index (χ0v) is 14.2. The summed E-state index contributed by atoms with van der Waals surface area (Å²) in [5.74, 6) is 1.74. The van der Waals surface area contributed by atoms with Crippen LogP contribution >= 0.6 is 0 Å². The monoisotopic (exact) mass is 341 g/mol. The second kappa shape index (κ2) is 7.16. The molecule has 2 fully saturated rings. The molecule has 2 aromatic rings. The average Bonchev–Trinajstić information content (AvgIpc) is 3.34. The predicted molar refractivity (Wildman–Crippen MR) is 91.7 cm³/mol. The molecule has 1 aliphatic heterocycles. The van der Waals surface area contributed by atoms with Crippen molar-refractivity contribution in [3.05, 3.63) is 24.4 Å². The first-order valence-electron chi connectivity index (χ1n) is 9.04. The van der Waals surface area contributed by atoms with Crippen molar-refractivity contribution in [1.29, 1.82) is 0 Å². The summed E-state index contributed by atoms with van der Waals surface area (Å²) >= 11 is 0. The van der Waals surface area contributed by atoms with Crippen LogP contribution in [0, 0.1) is 0 Å². The van der Waals surface area contributed by atoms with Crippen LogP contribution in [0.5, 0.6) is 0 Å². The lowest BCUT2D eigenvalue weighted by Gasteiger charge is -2.32. The fourth-order valence-corrected chi connectivity index (χ4v) is 3.68. The molecule has 1 saturated carbocycles. The second-order valence-corrected chi connectivity index (χ2v) is 6.83. The minimum Gasteiger partial charge on any atom is -0.335 e. The fraction of sp³-hybridized carbons (Fsp3) is 0.588. The molecule has 1 aliphatic carbocycles. The Morgan fingerprint density at radius 2 is 1.96 bits per heavy atom. The van der Waals surface area contributed by atoms with Gasteiger partial charge in [-0.2, -0.15) is 5.10 Å². The van der Waals surface area contributed by atoms with Gasteiger partial charge in [-0.3, -0.25) is 10.1 Å². The third kappa shape index (κ3) is 3.62. The molecule has 2 aliphatic rings. The summed E-state index contributed by atoms with van der Waals surface area (Å²) in [5.41, 5.74) is 0.665. The average molecular weight is 341 g/mol. The molecule has 3 heterocycles. The van der Waals surface area contributed by atoms with Crippen LogP contribution in [0.2, 0.25) is 0 Å². The van der Waals surface area contributed by atoms with E-state index in [4.69, 9.17) is 0 Å². The van der Waals surface area contributed by atoms with Crippen LogP contribution in [0.4, 0.5) is 4.79 Å². The molecule has 2 amide bonds. The number of piperidine rings is 1. The lowest BCUT2D eigenvalue weighted by molar-refractivity contribution is 0.177. The van der Waals surface area contributed by atoms with E-state index in [0.717, 1.165) is 44.6 Å². The zero-order valence-electron chi connectivity index (χ0n) is 14.2. The molecule has 0 bridgehead atoms. The normalized spacial score (nSPS) is 19.3. The topological polar surface area (TPSA) is 99.7 Å². The molecule has 8 heteroatoms. The van der Waals surface area contributed by atoms with Crippen LogP contribution in [-0.2, 0) is 0 Å². The Balaban J connectivity index is 1.33. The van der Waals surface area contributed by atoms with Crippen molar-refractivity contribution in [2.75, 3.05) is 13.1 Å². The van der Waals surface area contributed by atoms with Crippen molar-refractivity contribution in [2.24, 2.45) is 0 Å². The van der Waals surface area contributed by atoms with Gasteiger partial charge in [0.15, 0.2) is 0 Å². The summed E-state index contributed by atoms with van der Waals surface area (Å²) in [6.45, 7) is 1.51. The van der Waals surface area contributed by atoms with E-state index in [0.29, 0.717) is 23.5 Å². The van der Waals surface area contributed by atoms with Gasteiger partial charge in [0.25, 0.3) is 0 Å². The van der Waals surface area contributed by atoms with Gasteiger partial charge in [0, 0.05) is 37.4 Å². The Labute approximate surface area is 146 Å². The summed E-state index contributed by atoms with van der Waals surface area (Å²) < 4.78 is 0. The van der Waals surface area contributed by atoms with Gasteiger partial charge in [-0.25, -0.2) is 14.8 Å². The highest BCUT2D eigenvalue weighted by atomic mass is 16.2. The van der Waals surface area contributed by atoms with Crippen LogP contribution in [-0.4, -0.2) is 55.2 Å². The molecule has 2 aromatic heterocycles. The summed E-state index contributed by atoms with van der Waals surface area (Å²) in [7, 11) is 0. The van der Waals surface area contributed by atoms with Gasteiger partial charge < -0.3 is 10.2 Å². The summed E-state index contributed by atoms with van der Waals surface area (Å²) in [4.78, 5) is 27.1. The highest BCUT2D eigenvalue weighted by Crippen LogP contribution is 2.27. The van der Waals surface area contributed by atoms with E-state index < -0.39 is 0 Å². The number of carbonyl (C=O) groups is 1. The van der Waals surface area contributed by atoms with Crippen molar-refractivity contribution >= 4 is 6.03 Å². The molecule has 8 nitrogen and oxygen atoms in total. The lowest BCUT2D eigenvalue weighted by atomic mass is 9.96. The maximum atomic E-state index is 12.4. The molecule has 0 aromatic carbocycles. The molecule has 0 spiro atoms. The van der Waals surface area contributed by atoms with E-state index in [9.17, 15) is 4.79 Å². The fourth-order valence-electron chi connectivity index (χ4n) is 3.68. The van der Waals surface area contributed by atoms with Crippen molar-refractivity contribution in [1.82, 2.24) is 35.4 Å². The Morgan fingerprint density at radius 3 is 2.68 bits per heavy atom. The minimum atomic E-state index is 0.0863. The Morgan fingerprint density at radius 1 is 1.16 bits per heavy atom. The highest BCUT2D eigenvalue weighted by Gasteiger charge is 2.27. The van der Waals surface area contributed by atoms with Crippen LogP contribution in [0.15, 0.2) is 18.6 Å². The molecule has 25 heavy (non-hydrogen) atoms. The van der Waals surface area contributed by atoms with E-state index in [1.54, 1.807) is 18.6 Å². The number of hydrogen-bond donors (Lipinski definition) is 2. The molecule has 0 atom stereocenters. The van der Waals surface area contributed by atoms with Gasteiger partial charge in [0.2, 0.25) is 5.82 Å². The quantitative estimate of drug-likeness (QED) is 0.890. The highest BCUT2D eigenvalue weighted by molar-refractivity contribution is 5.74. The number of carbonyl (C=O) groups excluding carboxylic acids is 1. The maximum Gasteiger partial charge on any atom is 0.317 e. The Kier molecular flexibility index (Phi) is 4.58. The number of aromatic nitrogens is 5. The number of nitrogens with one attached hydrogen (secondary N) is 2. The number of hydrogen-bond acceptors (Lipinski definition) is 5. The molecule has 1 saturated heterocycles.